The Morgan fingerprint density at radius 1 is 0.538 bits per heavy atom. The van der Waals surface area contributed by atoms with Crippen LogP contribution in [0.2, 0.25) is 0 Å². The van der Waals surface area contributed by atoms with Crippen LogP contribution in [0.15, 0.2) is 82.6 Å². The highest BCUT2D eigenvalue weighted by Crippen LogP contribution is 2.34. The zero-order valence-corrected chi connectivity index (χ0v) is 14.9. The van der Waals surface area contributed by atoms with Gasteiger partial charge >= 0.3 is 0 Å². The summed E-state index contributed by atoms with van der Waals surface area (Å²) >= 11 is 0. The molecule has 0 atom stereocenters. The van der Waals surface area contributed by atoms with Gasteiger partial charge in [-0.2, -0.15) is 16.8 Å². The van der Waals surface area contributed by atoms with Gasteiger partial charge in [-0.25, -0.2) is 0 Å². The summed E-state index contributed by atoms with van der Waals surface area (Å²) in [5.74, 6) is 0. The van der Waals surface area contributed by atoms with Crippen LogP contribution in [0.4, 0.5) is 0 Å². The third-order valence-electron chi connectivity index (χ3n) is 3.84. The third-order valence-corrected chi connectivity index (χ3v) is 5.55. The molecular weight excluding hydrogens is 376 g/mol. The van der Waals surface area contributed by atoms with E-state index in [2.05, 4.69) is 0 Å². The molecule has 134 valence electrons. The number of hydrogen-bond donors (Lipinski definition) is 2. The van der Waals surface area contributed by atoms with Crippen molar-refractivity contribution in [2.24, 2.45) is 0 Å². The molecule has 0 aromatic heterocycles. The van der Waals surface area contributed by atoms with E-state index in [4.69, 9.17) is 4.55 Å². The van der Waals surface area contributed by atoms with E-state index in [-0.39, 0.29) is 9.79 Å². The molecule has 6 nitrogen and oxygen atoms in total. The molecule has 8 heteroatoms. The van der Waals surface area contributed by atoms with E-state index < -0.39 is 20.2 Å². The number of hydrogen-bond acceptors (Lipinski definition) is 4. The average molecular weight is 390 g/mol. The molecule has 0 spiro atoms. The molecule has 0 aliphatic heterocycles. The molecule has 0 aliphatic rings. The van der Waals surface area contributed by atoms with Gasteiger partial charge in [0.2, 0.25) is 0 Å². The van der Waals surface area contributed by atoms with Crippen LogP contribution in [0.25, 0.3) is 22.3 Å². The maximum Gasteiger partial charge on any atom is 0.294 e. The second kappa shape index (κ2) is 6.65. The predicted molar refractivity (Wildman–Crippen MR) is 96.9 cm³/mol. The molecule has 0 aliphatic carbocycles. The molecule has 0 radical (unpaired) electrons. The second-order valence-corrected chi connectivity index (χ2v) is 8.39. The van der Waals surface area contributed by atoms with Gasteiger partial charge in [0.05, 0.1) is 9.79 Å². The predicted octanol–water partition coefficient (Wildman–Crippen LogP) is 3.51. The SMILES string of the molecule is O=S(=O)(O)c1ccc(-c2ccc(S(=O)(=O)O)cc2-c2ccccc2)cc1. The van der Waals surface area contributed by atoms with Crippen molar-refractivity contribution in [3.63, 3.8) is 0 Å². The summed E-state index contributed by atoms with van der Waals surface area (Å²) in [5.41, 5.74) is 2.55. The summed E-state index contributed by atoms with van der Waals surface area (Å²) in [6.07, 6.45) is 0. The van der Waals surface area contributed by atoms with Gasteiger partial charge in [-0.3, -0.25) is 9.11 Å². The maximum atomic E-state index is 11.5. The van der Waals surface area contributed by atoms with Crippen LogP contribution in [0.5, 0.6) is 0 Å². The van der Waals surface area contributed by atoms with Crippen LogP contribution in [-0.2, 0) is 20.2 Å². The van der Waals surface area contributed by atoms with Crippen LogP contribution < -0.4 is 0 Å². The summed E-state index contributed by atoms with van der Waals surface area (Å²) in [6, 6.07) is 18.7. The Balaban J connectivity index is 2.21. The van der Waals surface area contributed by atoms with Gasteiger partial charge < -0.3 is 0 Å². The van der Waals surface area contributed by atoms with E-state index in [1.54, 1.807) is 24.3 Å². The first-order valence-corrected chi connectivity index (χ1v) is 10.3. The van der Waals surface area contributed by atoms with Gasteiger partial charge in [-0.1, -0.05) is 48.5 Å². The van der Waals surface area contributed by atoms with Crippen molar-refractivity contribution < 1.29 is 25.9 Å². The summed E-state index contributed by atoms with van der Waals surface area (Å²) in [5, 5.41) is 0. The van der Waals surface area contributed by atoms with E-state index in [1.807, 2.05) is 6.07 Å². The van der Waals surface area contributed by atoms with E-state index in [0.29, 0.717) is 16.7 Å². The highest BCUT2D eigenvalue weighted by Gasteiger charge is 2.16. The quantitative estimate of drug-likeness (QED) is 0.660. The second-order valence-electron chi connectivity index (χ2n) is 5.55. The van der Waals surface area contributed by atoms with Crippen LogP contribution in [0.3, 0.4) is 0 Å². The minimum Gasteiger partial charge on any atom is -0.282 e. The lowest BCUT2D eigenvalue weighted by molar-refractivity contribution is 0.481. The van der Waals surface area contributed by atoms with Crippen molar-refractivity contribution in [3.8, 4) is 22.3 Å². The molecule has 26 heavy (non-hydrogen) atoms. The number of rotatable bonds is 4. The maximum absolute atomic E-state index is 11.5. The van der Waals surface area contributed by atoms with Crippen molar-refractivity contribution in [1.82, 2.24) is 0 Å². The molecule has 2 N–H and O–H groups in total. The van der Waals surface area contributed by atoms with Gasteiger partial charge in [0, 0.05) is 0 Å². The molecule has 0 saturated carbocycles. The molecule has 0 amide bonds. The summed E-state index contributed by atoms with van der Waals surface area (Å²) < 4.78 is 63.7. The normalized spacial score (nSPS) is 12.1. The molecule has 0 unspecified atom stereocenters. The van der Waals surface area contributed by atoms with E-state index in [0.717, 1.165) is 5.56 Å². The Bertz CT molecular complexity index is 1150. The minimum absolute atomic E-state index is 0.239. The molecule has 3 aromatic carbocycles. The Hall–Kier alpha value is -2.52. The van der Waals surface area contributed by atoms with Crippen LogP contribution in [0.1, 0.15) is 0 Å². The molecule has 0 saturated heterocycles. The first-order valence-electron chi connectivity index (χ1n) is 7.41. The van der Waals surface area contributed by atoms with Crippen molar-refractivity contribution >= 4 is 20.2 Å². The lowest BCUT2D eigenvalue weighted by atomic mass is 9.95. The Kier molecular flexibility index (Phi) is 4.68. The molecule has 3 aromatic rings. The fraction of sp³-hybridized carbons (Fsp3) is 0. The standard InChI is InChI=1S/C18H14O6S2/c19-25(20,21)15-8-6-14(7-9-15)17-11-10-16(26(22,23)24)12-18(17)13-4-2-1-3-5-13/h1-12H,(H,19,20,21)(H,22,23,24). The van der Waals surface area contributed by atoms with Crippen LogP contribution in [-0.4, -0.2) is 25.9 Å². The highest BCUT2D eigenvalue weighted by molar-refractivity contribution is 7.86. The highest BCUT2D eigenvalue weighted by atomic mass is 32.2. The van der Waals surface area contributed by atoms with Gasteiger partial charge in [-0.05, 0) is 46.5 Å². The summed E-state index contributed by atoms with van der Waals surface area (Å²) in [6.45, 7) is 0. The smallest absolute Gasteiger partial charge is 0.282 e. The summed E-state index contributed by atoms with van der Waals surface area (Å²) in [7, 11) is -8.67. The lowest BCUT2D eigenvalue weighted by Crippen LogP contribution is -1.99. The Morgan fingerprint density at radius 2 is 1.04 bits per heavy atom. The topological polar surface area (TPSA) is 109 Å². The fourth-order valence-corrected chi connectivity index (χ4v) is 3.59. The van der Waals surface area contributed by atoms with Crippen molar-refractivity contribution in [2.75, 3.05) is 0 Å². The molecule has 0 fully saturated rings. The van der Waals surface area contributed by atoms with Crippen LogP contribution in [0, 0.1) is 0 Å². The van der Waals surface area contributed by atoms with Gasteiger partial charge in [0.1, 0.15) is 0 Å². The van der Waals surface area contributed by atoms with Gasteiger partial charge in [-0.15, -0.1) is 0 Å². The van der Waals surface area contributed by atoms with Gasteiger partial charge in [0.15, 0.2) is 0 Å². The number of benzene rings is 3. The van der Waals surface area contributed by atoms with E-state index in [1.165, 1.54) is 42.5 Å². The van der Waals surface area contributed by atoms with E-state index >= 15 is 0 Å². The molecular formula is C18H14O6S2. The van der Waals surface area contributed by atoms with Crippen LogP contribution >= 0.6 is 0 Å². The molecule has 3 rings (SSSR count). The van der Waals surface area contributed by atoms with Crippen molar-refractivity contribution in [3.05, 3.63) is 72.8 Å². The minimum atomic E-state index is -4.37. The zero-order valence-electron chi connectivity index (χ0n) is 13.3. The monoisotopic (exact) mass is 390 g/mol. The average Bonchev–Trinajstić information content (AvgIpc) is 2.60. The first kappa shape index (κ1) is 18.3. The van der Waals surface area contributed by atoms with E-state index in [9.17, 15) is 21.4 Å². The third kappa shape index (κ3) is 3.83. The largest absolute Gasteiger partial charge is 0.294 e. The van der Waals surface area contributed by atoms with Gasteiger partial charge in [0.25, 0.3) is 20.2 Å². The molecule has 0 heterocycles. The first-order chi connectivity index (χ1) is 12.2. The lowest BCUT2D eigenvalue weighted by Gasteiger charge is -2.12. The van der Waals surface area contributed by atoms with Crippen molar-refractivity contribution in [1.29, 1.82) is 0 Å². The van der Waals surface area contributed by atoms with Crippen molar-refractivity contribution in [2.45, 2.75) is 9.79 Å². The Labute approximate surface area is 151 Å². The zero-order chi connectivity index (χ0) is 18.9. The molecule has 0 bridgehead atoms. The fourth-order valence-electron chi connectivity index (χ4n) is 2.60. The summed E-state index contributed by atoms with van der Waals surface area (Å²) in [4.78, 5) is -0.480. The Morgan fingerprint density at radius 3 is 1.58 bits per heavy atom.